The highest BCUT2D eigenvalue weighted by atomic mass is 16.7. The highest BCUT2D eigenvalue weighted by Crippen LogP contribution is 2.44. The quantitative estimate of drug-likeness (QED) is 0.620. The molecule has 5 heteroatoms. The normalized spacial score (nSPS) is 12.6. The van der Waals surface area contributed by atoms with E-state index >= 15 is 0 Å². The number of carbonyl (C=O) groups excluding carboxylic acids is 1. The Bertz CT molecular complexity index is 650. The first-order chi connectivity index (χ1) is 9.68. The van der Waals surface area contributed by atoms with Gasteiger partial charge in [-0.1, -0.05) is 48.5 Å². The Hall–Kier alpha value is -2.69. The van der Waals surface area contributed by atoms with Crippen molar-refractivity contribution in [1.82, 2.24) is 0 Å². The highest BCUT2D eigenvalue weighted by molar-refractivity contribution is 5.78. The smallest absolute Gasteiger partial charge is 0.407 e. The third-order valence-corrected chi connectivity index (χ3v) is 3.49. The van der Waals surface area contributed by atoms with Gasteiger partial charge >= 0.3 is 6.09 Å². The first kappa shape index (κ1) is 12.3. The Morgan fingerprint density at radius 1 is 1.05 bits per heavy atom. The number of nitrogens with zero attached hydrogens (tertiary/aromatic N) is 1. The third-order valence-electron chi connectivity index (χ3n) is 3.49. The fourth-order valence-corrected chi connectivity index (χ4v) is 2.65. The van der Waals surface area contributed by atoms with Crippen LogP contribution >= 0.6 is 0 Å². The number of benzene rings is 2. The second-order valence-electron chi connectivity index (χ2n) is 4.56. The largest absolute Gasteiger partial charge is 0.656 e. The Kier molecular flexibility index (Phi) is 2.95. The zero-order chi connectivity index (χ0) is 14.1. The van der Waals surface area contributed by atoms with Crippen LogP contribution in [0.3, 0.4) is 0 Å². The summed E-state index contributed by atoms with van der Waals surface area (Å²) in [7, 11) is 0. The molecule has 0 saturated carbocycles. The average molecular weight is 269 g/mol. The fourth-order valence-electron chi connectivity index (χ4n) is 2.65. The molecular formula is C15H11NO4. The standard InChI is InChI=1S/C15H11NO4/c17-15(16(18)19)20-9-14-12-7-3-1-5-10(12)11-6-2-4-8-13(11)14/h1-8,14H,9H2. The van der Waals surface area contributed by atoms with Crippen LogP contribution in [0.5, 0.6) is 0 Å². The molecule has 1 aliphatic rings. The summed E-state index contributed by atoms with van der Waals surface area (Å²) in [5, 5.41) is 10.3. The maximum atomic E-state index is 11.0. The molecule has 1 amide bonds. The van der Waals surface area contributed by atoms with Gasteiger partial charge in [-0.2, -0.15) is 4.79 Å². The molecule has 20 heavy (non-hydrogen) atoms. The number of nitro groups is 1. The summed E-state index contributed by atoms with van der Waals surface area (Å²) in [6, 6.07) is 15.6. The third kappa shape index (κ3) is 1.93. The zero-order valence-corrected chi connectivity index (χ0v) is 10.5. The summed E-state index contributed by atoms with van der Waals surface area (Å²) < 4.78 is 4.76. The molecule has 2 aromatic rings. The van der Waals surface area contributed by atoms with Gasteiger partial charge in [-0.15, -0.1) is 0 Å². The molecule has 0 saturated heterocycles. The van der Waals surface area contributed by atoms with Crippen molar-refractivity contribution < 1.29 is 14.5 Å². The van der Waals surface area contributed by atoms with Gasteiger partial charge in [0.15, 0.2) is 0 Å². The zero-order valence-electron chi connectivity index (χ0n) is 10.5. The molecule has 0 N–H and O–H groups in total. The van der Waals surface area contributed by atoms with Crippen LogP contribution in [0.25, 0.3) is 11.1 Å². The van der Waals surface area contributed by atoms with Crippen molar-refractivity contribution in [2.24, 2.45) is 0 Å². The topological polar surface area (TPSA) is 69.4 Å². The molecule has 3 rings (SSSR count). The summed E-state index contributed by atoms with van der Waals surface area (Å²) >= 11 is 0. The summed E-state index contributed by atoms with van der Waals surface area (Å²) in [6.45, 7) is -0.0200. The summed E-state index contributed by atoms with van der Waals surface area (Å²) in [5.74, 6) is -0.147. The van der Waals surface area contributed by atoms with Crippen molar-refractivity contribution in [1.29, 1.82) is 0 Å². The maximum Gasteiger partial charge on any atom is 0.656 e. The van der Waals surface area contributed by atoms with Crippen molar-refractivity contribution in [3.8, 4) is 11.1 Å². The molecule has 0 spiro atoms. The minimum atomic E-state index is -1.41. The van der Waals surface area contributed by atoms with Gasteiger partial charge in [0, 0.05) is 5.92 Å². The highest BCUT2D eigenvalue weighted by Gasteiger charge is 2.30. The number of carbonyl (C=O) groups is 1. The van der Waals surface area contributed by atoms with Gasteiger partial charge in [0.1, 0.15) is 11.5 Å². The summed E-state index contributed by atoms with van der Waals surface area (Å²) in [6.07, 6.45) is -1.41. The summed E-state index contributed by atoms with van der Waals surface area (Å²) in [5.41, 5.74) is 4.24. The SMILES string of the molecule is O=C(OCC1c2ccccc2-c2ccccc21)[N+](=O)[O-]. The molecule has 0 fully saturated rings. The second-order valence-corrected chi connectivity index (χ2v) is 4.56. The molecule has 0 heterocycles. The van der Waals surface area contributed by atoms with Crippen LogP contribution in [0.4, 0.5) is 4.79 Å². The molecule has 0 bridgehead atoms. The van der Waals surface area contributed by atoms with Crippen LogP contribution in [0.15, 0.2) is 48.5 Å². The number of fused-ring (bicyclic) bond motifs is 3. The lowest BCUT2D eigenvalue weighted by Crippen LogP contribution is -2.17. The van der Waals surface area contributed by atoms with Crippen LogP contribution in [-0.2, 0) is 4.74 Å². The van der Waals surface area contributed by atoms with E-state index in [2.05, 4.69) is 0 Å². The van der Waals surface area contributed by atoms with Crippen molar-refractivity contribution in [3.63, 3.8) is 0 Å². The molecule has 2 aromatic carbocycles. The van der Waals surface area contributed by atoms with Gasteiger partial charge in [-0.05, 0) is 22.3 Å². The predicted octanol–water partition coefficient (Wildman–Crippen LogP) is 3.21. The Balaban J connectivity index is 1.95. The van der Waals surface area contributed by atoms with E-state index in [1.54, 1.807) is 0 Å². The second kappa shape index (κ2) is 4.77. The molecule has 100 valence electrons. The van der Waals surface area contributed by atoms with E-state index < -0.39 is 11.0 Å². The van der Waals surface area contributed by atoms with E-state index in [-0.39, 0.29) is 12.5 Å². The average Bonchev–Trinajstić information content (AvgIpc) is 2.79. The molecule has 0 aromatic heterocycles. The monoisotopic (exact) mass is 269 g/mol. The van der Waals surface area contributed by atoms with Crippen LogP contribution in [0, 0.1) is 10.1 Å². The molecule has 0 atom stereocenters. The lowest BCUT2D eigenvalue weighted by atomic mass is 9.98. The molecule has 0 unspecified atom stereocenters. The van der Waals surface area contributed by atoms with Crippen molar-refractivity contribution in [2.45, 2.75) is 5.92 Å². The first-order valence-corrected chi connectivity index (χ1v) is 6.18. The Labute approximate surface area is 115 Å². The lowest BCUT2D eigenvalue weighted by Gasteiger charge is -2.11. The van der Waals surface area contributed by atoms with E-state index in [1.165, 1.54) is 0 Å². The van der Waals surface area contributed by atoms with Gasteiger partial charge in [-0.25, -0.2) is 0 Å². The number of hydrogen-bond donors (Lipinski definition) is 0. The van der Waals surface area contributed by atoms with Crippen LogP contribution in [-0.4, -0.2) is 17.6 Å². The maximum absolute atomic E-state index is 11.0. The van der Waals surface area contributed by atoms with Gasteiger partial charge in [0.2, 0.25) is 0 Å². The molecular weight excluding hydrogens is 258 g/mol. The van der Waals surface area contributed by atoms with Crippen LogP contribution in [0.2, 0.25) is 0 Å². The van der Waals surface area contributed by atoms with Gasteiger partial charge < -0.3 is 4.74 Å². The van der Waals surface area contributed by atoms with Crippen molar-refractivity contribution >= 4 is 6.09 Å². The van der Waals surface area contributed by atoms with E-state index in [4.69, 9.17) is 4.74 Å². The van der Waals surface area contributed by atoms with E-state index in [9.17, 15) is 14.9 Å². The van der Waals surface area contributed by atoms with Gasteiger partial charge in [0.05, 0.1) is 0 Å². The molecule has 0 aliphatic heterocycles. The Morgan fingerprint density at radius 3 is 2.05 bits per heavy atom. The molecule has 0 radical (unpaired) electrons. The van der Waals surface area contributed by atoms with Gasteiger partial charge in [-0.3, -0.25) is 10.1 Å². The molecule has 5 nitrogen and oxygen atoms in total. The van der Waals surface area contributed by atoms with E-state index in [1.807, 2.05) is 48.5 Å². The minimum absolute atomic E-state index is 0.0200. The van der Waals surface area contributed by atoms with E-state index in [0.29, 0.717) is 0 Å². The van der Waals surface area contributed by atoms with Crippen LogP contribution < -0.4 is 0 Å². The fraction of sp³-hybridized carbons (Fsp3) is 0.133. The number of ether oxygens (including phenoxy) is 1. The predicted molar refractivity (Wildman–Crippen MR) is 72.1 cm³/mol. The van der Waals surface area contributed by atoms with Crippen LogP contribution in [0.1, 0.15) is 17.0 Å². The Morgan fingerprint density at radius 2 is 1.55 bits per heavy atom. The van der Waals surface area contributed by atoms with Crippen molar-refractivity contribution in [2.75, 3.05) is 6.61 Å². The van der Waals surface area contributed by atoms with Gasteiger partial charge in [0.25, 0.3) is 0 Å². The number of amides is 1. The van der Waals surface area contributed by atoms with Crippen molar-refractivity contribution in [3.05, 3.63) is 69.8 Å². The number of hydrogen-bond acceptors (Lipinski definition) is 4. The first-order valence-electron chi connectivity index (χ1n) is 6.18. The summed E-state index contributed by atoms with van der Waals surface area (Å²) in [4.78, 5) is 20.3. The molecule has 1 aliphatic carbocycles. The number of rotatable bonds is 2. The van der Waals surface area contributed by atoms with E-state index in [0.717, 1.165) is 22.3 Å². The minimum Gasteiger partial charge on any atom is -0.407 e. The lowest BCUT2D eigenvalue weighted by molar-refractivity contribution is -0.396.